The molecule has 134 valence electrons. The van der Waals surface area contributed by atoms with Gasteiger partial charge in [-0.25, -0.2) is 0 Å². The van der Waals surface area contributed by atoms with Gasteiger partial charge in [0.05, 0.1) is 23.8 Å². The van der Waals surface area contributed by atoms with Crippen molar-refractivity contribution in [3.63, 3.8) is 0 Å². The minimum atomic E-state index is -0.557. The number of aromatic nitrogens is 3. The zero-order valence-electron chi connectivity index (χ0n) is 13.4. The summed E-state index contributed by atoms with van der Waals surface area (Å²) >= 11 is 5.92. The Balaban J connectivity index is 1.69. The lowest BCUT2D eigenvalue weighted by Crippen LogP contribution is -2.26. The number of nitro benzene ring substituents is 1. The van der Waals surface area contributed by atoms with Crippen LogP contribution in [0.5, 0.6) is 5.75 Å². The molecule has 1 N–H and O–H groups in total. The number of nitrogens with one attached hydrogen (secondary N) is 1. The molecule has 0 aliphatic heterocycles. The van der Waals surface area contributed by atoms with E-state index in [1.54, 1.807) is 18.2 Å². The molecule has 0 unspecified atom stereocenters. The van der Waals surface area contributed by atoms with Gasteiger partial charge >= 0.3 is 0 Å². The summed E-state index contributed by atoms with van der Waals surface area (Å²) in [5, 5.41) is 21.5. The Labute approximate surface area is 151 Å². The number of nitrogens with zero attached hydrogens (tertiary/aromatic N) is 4. The molecule has 0 saturated heterocycles. The number of carbonyl (C=O) groups is 1. The fourth-order valence-electron chi connectivity index (χ4n) is 2.17. The van der Waals surface area contributed by atoms with Crippen LogP contribution in [0.4, 0.5) is 11.4 Å². The smallest absolute Gasteiger partial charge is 0.273 e. The Morgan fingerprint density at radius 2 is 2.15 bits per heavy atom. The molecule has 0 atom stereocenters. The van der Waals surface area contributed by atoms with E-state index < -0.39 is 10.8 Å². The second-order valence-electron chi connectivity index (χ2n) is 5.06. The van der Waals surface area contributed by atoms with Gasteiger partial charge in [0, 0.05) is 11.1 Å². The number of ether oxygens (including phenoxy) is 1. The molecule has 11 heteroatoms. The van der Waals surface area contributed by atoms with Crippen molar-refractivity contribution in [1.29, 1.82) is 0 Å². The number of carbonyl (C=O) groups excluding carboxylic acids is 1. The predicted molar refractivity (Wildman–Crippen MR) is 92.3 cm³/mol. The molecule has 10 nitrogen and oxygen atoms in total. The molecule has 0 bridgehead atoms. The van der Waals surface area contributed by atoms with Crippen LogP contribution in [-0.2, 0) is 4.79 Å². The Bertz CT molecular complexity index is 990. The number of nitro groups is 1. The van der Waals surface area contributed by atoms with E-state index in [1.807, 2.05) is 0 Å². The Kier molecular flexibility index (Phi) is 4.85. The fourth-order valence-corrected chi connectivity index (χ4v) is 2.34. The van der Waals surface area contributed by atoms with Gasteiger partial charge in [-0.3, -0.25) is 14.9 Å². The first kappa shape index (κ1) is 17.4. The number of non-ortho nitro benzene ring substituents is 1. The van der Waals surface area contributed by atoms with Crippen LogP contribution >= 0.6 is 11.6 Å². The molecule has 0 saturated carbocycles. The molecule has 1 heterocycles. The Morgan fingerprint density at radius 1 is 1.35 bits per heavy atom. The van der Waals surface area contributed by atoms with E-state index in [0.717, 1.165) is 4.85 Å². The number of amides is 1. The zero-order valence-corrected chi connectivity index (χ0v) is 14.1. The van der Waals surface area contributed by atoms with Gasteiger partial charge in [-0.2, -0.15) is 0 Å². The minimum Gasteiger partial charge on any atom is -0.494 e. The van der Waals surface area contributed by atoms with E-state index in [2.05, 4.69) is 15.6 Å². The zero-order chi connectivity index (χ0) is 18.7. The lowest BCUT2D eigenvalue weighted by atomic mass is 10.2. The highest BCUT2D eigenvalue weighted by Crippen LogP contribution is 2.28. The van der Waals surface area contributed by atoms with Crippen molar-refractivity contribution >= 4 is 39.9 Å². The third kappa shape index (κ3) is 3.64. The summed E-state index contributed by atoms with van der Waals surface area (Å²) in [6.45, 7) is -0.370. The van der Waals surface area contributed by atoms with Gasteiger partial charge in [0.1, 0.15) is 16.8 Å². The van der Waals surface area contributed by atoms with E-state index in [-0.39, 0.29) is 23.7 Å². The number of benzene rings is 2. The van der Waals surface area contributed by atoms with Crippen molar-refractivity contribution in [2.24, 2.45) is 0 Å². The van der Waals surface area contributed by atoms with Crippen LogP contribution in [0.1, 0.15) is 0 Å². The van der Waals surface area contributed by atoms with Gasteiger partial charge in [0.25, 0.3) is 11.6 Å². The monoisotopic (exact) mass is 377 g/mol. The number of hydrogen-bond acceptors (Lipinski definition) is 7. The maximum absolute atomic E-state index is 12.1. The highest BCUT2D eigenvalue weighted by molar-refractivity contribution is 6.31. The third-order valence-corrected chi connectivity index (χ3v) is 3.60. The summed E-state index contributed by atoms with van der Waals surface area (Å²) in [6, 6.07) is 8.78. The number of rotatable bonds is 6. The van der Waals surface area contributed by atoms with E-state index >= 15 is 0 Å². The van der Waals surface area contributed by atoms with Gasteiger partial charge in [-0.1, -0.05) is 16.4 Å². The Morgan fingerprint density at radius 3 is 2.88 bits per heavy atom. The number of hydrogen-bond donors (Lipinski definition) is 1. The lowest BCUT2D eigenvalue weighted by molar-refractivity contribution is -0.384. The van der Waals surface area contributed by atoms with E-state index in [0.29, 0.717) is 16.1 Å². The average molecular weight is 378 g/mol. The largest absolute Gasteiger partial charge is 0.494 e. The number of anilines is 1. The molecular weight excluding hydrogens is 366 g/mol. The third-order valence-electron chi connectivity index (χ3n) is 3.37. The first-order chi connectivity index (χ1) is 12.5. The van der Waals surface area contributed by atoms with Crippen molar-refractivity contribution in [3.8, 4) is 5.75 Å². The summed E-state index contributed by atoms with van der Waals surface area (Å²) < 4.78 is 5.06. The second kappa shape index (κ2) is 7.23. The summed E-state index contributed by atoms with van der Waals surface area (Å²) in [5.41, 5.74) is 1.20. The Hall–Kier alpha value is -3.40. The SMILES string of the molecule is COc1cc([N+](=O)[O-])ccc1NC(=O)COn1nnc2ccc(Cl)cc21. The molecule has 0 fully saturated rings. The van der Waals surface area contributed by atoms with Gasteiger partial charge in [0.2, 0.25) is 0 Å². The molecule has 2 aromatic carbocycles. The molecular formula is C15H12ClN5O5. The highest BCUT2D eigenvalue weighted by Gasteiger charge is 2.14. The van der Waals surface area contributed by atoms with Gasteiger partial charge in [-0.05, 0) is 29.5 Å². The fraction of sp³-hybridized carbons (Fsp3) is 0.133. The molecule has 0 aliphatic carbocycles. The maximum atomic E-state index is 12.1. The normalized spacial score (nSPS) is 10.5. The van der Waals surface area contributed by atoms with Crippen molar-refractivity contribution in [3.05, 3.63) is 51.5 Å². The molecule has 3 aromatic rings. The van der Waals surface area contributed by atoms with Gasteiger partial charge in [-0.15, -0.1) is 5.10 Å². The molecule has 0 aliphatic rings. The second-order valence-corrected chi connectivity index (χ2v) is 5.50. The van der Waals surface area contributed by atoms with E-state index in [1.165, 1.54) is 25.3 Å². The number of halogens is 1. The van der Waals surface area contributed by atoms with Crippen molar-refractivity contribution < 1.29 is 19.3 Å². The minimum absolute atomic E-state index is 0.151. The summed E-state index contributed by atoms with van der Waals surface area (Å²) in [4.78, 5) is 28.7. The van der Waals surface area contributed by atoms with Crippen LogP contribution in [0, 0.1) is 10.1 Å². The molecule has 1 aromatic heterocycles. The maximum Gasteiger partial charge on any atom is 0.273 e. The molecule has 0 radical (unpaired) electrons. The van der Waals surface area contributed by atoms with Crippen LogP contribution in [-0.4, -0.2) is 39.7 Å². The first-order valence-corrected chi connectivity index (χ1v) is 7.62. The van der Waals surface area contributed by atoms with Crippen LogP contribution in [0.25, 0.3) is 11.0 Å². The standard InChI is InChI=1S/C15H12ClN5O5/c1-25-14-7-10(21(23)24)3-5-12(14)17-15(22)8-26-20-13-6-9(16)2-4-11(13)18-19-20/h2-7H,8H2,1H3,(H,17,22). The summed E-state index contributed by atoms with van der Waals surface area (Å²) in [6.07, 6.45) is 0. The van der Waals surface area contributed by atoms with E-state index in [4.69, 9.17) is 21.2 Å². The van der Waals surface area contributed by atoms with Gasteiger partial charge in [0.15, 0.2) is 6.61 Å². The molecule has 0 spiro atoms. The highest BCUT2D eigenvalue weighted by atomic mass is 35.5. The summed E-state index contributed by atoms with van der Waals surface area (Å²) in [5.74, 6) is -0.353. The van der Waals surface area contributed by atoms with E-state index in [9.17, 15) is 14.9 Å². The number of methoxy groups -OCH3 is 1. The van der Waals surface area contributed by atoms with Crippen molar-refractivity contribution in [2.45, 2.75) is 0 Å². The van der Waals surface area contributed by atoms with Crippen LogP contribution in [0.3, 0.4) is 0 Å². The van der Waals surface area contributed by atoms with Crippen molar-refractivity contribution in [2.75, 3.05) is 19.0 Å². The van der Waals surface area contributed by atoms with Crippen LogP contribution in [0.2, 0.25) is 5.02 Å². The topological polar surface area (TPSA) is 121 Å². The van der Waals surface area contributed by atoms with Crippen molar-refractivity contribution in [1.82, 2.24) is 15.2 Å². The quantitative estimate of drug-likeness (QED) is 0.515. The molecule has 3 rings (SSSR count). The number of fused-ring (bicyclic) bond motifs is 1. The van der Waals surface area contributed by atoms with Gasteiger partial charge < -0.3 is 14.9 Å². The molecule has 26 heavy (non-hydrogen) atoms. The molecule has 1 amide bonds. The average Bonchev–Trinajstić information content (AvgIpc) is 3.02. The predicted octanol–water partition coefficient (Wildman–Crippen LogP) is 2.07. The summed E-state index contributed by atoms with van der Waals surface area (Å²) in [7, 11) is 1.34. The lowest BCUT2D eigenvalue weighted by Gasteiger charge is -2.10. The van der Waals surface area contributed by atoms with Crippen LogP contribution < -0.4 is 14.9 Å². The first-order valence-electron chi connectivity index (χ1n) is 7.24. The van der Waals surface area contributed by atoms with Crippen LogP contribution in [0.15, 0.2) is 36.4 Å².